The summed E-state index contributed by atoms with van der Waals surface area (Å²) in [5.74, 6) is 0.871. The average molecular weight is 276 g/mol. The number of nitrogens with zero attached hydrogens (tertiary/aromatic N) is 2. The Bertz CT molecular complexity index is 868. The quantitative estimate of drug-likeness (QED) is 0.675. The molecule has 0 unspecified atom stereocenters. The number of benzene rings is 2. The Morgan fingerprint density at radius 1 is 1.05 bits per heavy atom. The Balaban J connectivity index is 2.24. The fourth-order valence-electron chi connectivity index (χ4n) is 3.46. The van der Waals surface area contributed by atoms with Crippen molar-refractivity contribution in [2.24, 2.45) is 0 Å². The van der Waals surface area contributed by atoms with E-state index in [1.807, 2.05) is 0 Å². The lowest BCUT2D eigenvalue weighted by molar-refractivity contribution is 0.416. The lowest BCUT2D eigenvalue weighted by atomic mass is 9.82. The minimum absolute atomic E-state index is 0.174. The molecule has 0 amide bonds. The number of hydrogen-bond donors (Lipinski definition) is 0. The third-order valence-corrected chi connectivity index (χ3v) is 4.39. The molecule has 3 heteroatoms. The van der Waals surface area contributed by atoms with Crippen LogP contribution in [0.2, 0.25) is 0 Å². The first-order chi connectivity index (χ1) is 10.1. The lowest BCUT2D eigenvalue weighted by Gasteiger charge is -2.22. The second-order valence-corrected chi connectivity index (χ2v) is 5.93. The molecule has 1 aliphatic carbocycles. The third kappa shape index (κ3) is 1.49. The van der Waals surface area contributed by atoms with Gasteiger partial charge in [0.05, 0.1) is 18.5 Å². The van der Waals surface area contributed by atoms with E-state index in [9.17, 15) is 0 Å². The molecule has 0 atom stereocenters. The summed E-state index contributed by atoms with van der Waals surface area (Å²) in [7, 11) is 1.71. The summed E-state index contributed by atoms with van der Waals surface area (Å²) in [6.45, 7) is 4.41. The second-order valence-electron chi connectivity index (χ2n) is 5.93. The van der Waals surface area contributed by atoms with Gasteiger partial charge in [-0.25, -0.2) is 0 Å². The van der Waals surface area contributed by atoms with E-state index in [4.69, 9.17) is 4.74 Å². The van der Waals surface area contributed by atoms with Gasteiger partial charge in [-0.05, 0) is 22.4 Å². The standard InChI is InChI=1S/C18H16N2O/c1-18(2)15-12-7-5-4-6-11(12)10-13(21-3)14(15)16-17(18)20-9-8-19-16/h4-10H,1-3H3. The normalized spacial score (nSPS) is 14.8. The number of hydrogen-bond acceptors (Lipinski definition) is 3. The average Bonchev–Trinajstić information content (AvgIpc) is 2.76. The summed E-state index contributed by atoms with van der Waals surface area (Å²) in [5.41, 5.74) is 4.14. The Morgan fingerprint density at radius 3 is 2.62 bits per heavy atom. The molecule has 1 heterocycles. The van der Waals surface area contributed by atoms with Crippen molar-refractivity contribution in [2.45, 2.75) is 19.3 Å². The van der Waals surface area contributed by atoms with E-state index in [1.54, 1.807) is 19.5 Å². The molecule has 3 nitrogen and oxygen atoms in total. The van der Waals surface area contributed by atoms with Gasteiger partial charge in [-0.3, -0.25) is 9.97 Å². The zero-order valence-corrected chi connectivity index (χ0v) is 12.3. The molecule has 21 heavy (non-hydrogen) atoms. The molecule has 1 aromatic heterocycles. The predicted molar refractivity (Wildman–Crippen MR) is 83.7 cm³/mol. The number of fused-ring (bicyclic) bond motifs is 5. The maximum absolute atomic E-state index is 5.65. The van der Waals surface area contributed by atoms with Gasteiger partial charge in [0.2, 0.25) is 0 Å². The van der Waals surface area contributed by atoms with Crippen molar-refractivity contribution in [3.05, 3.63) is 54.0 Å². The van der Waals surface area contributed by atoms with Crippen molar-refractivity contribution >= 4 is 10.8 Å². The number of aromatic nitrogens is 2. The van der Waals surface area contributed by atoms with Crippen LogP contribution in [0.4, 0.5) is 0 Å². The van der Waals surface area contributed by atoms with Gasteiger partial charge >= 0.3 is 0 Å². The molecular weight excluding hydrogens is 260 g/mol. The summed E-state index contributed by atoms with van der Waals surface area (Å²) in [6, 6.07) is 10.5. The van der Waals surface area contributed by atoms with Crippen LogP contribution in [0.3, 0.4) is 0 Å². The maximum Gasteiger partial charge on any atom is 0.129 e. The van der Waals surface area contributed by atoms with Crippen LogP contribution in [-0.2, 0) is 5.41 Å². The van der Waals surface area contributed by atoms with Gasteiger partial charge in [0, 0.05) is 23.4 Å². The first kappa shape index (κ1) is 12.3. The molecule has 0 bridgehead atoms. The minimum Gasteiger partial charge on any atom is -0.496 e. The highest BCUT2D eigenvalue weighted by Crippen LogP contribution is 2.53. The molecule has 0 radical (unpaired) electrons. The SMILES string of the molecule is COc1cc2ccccc2c2c1-c1nccnc1C2(C)C. The van der Waals surface area contributed by atoms with E-state index < -0.39 is 0 Å². The summed E-state index contributed by atoms with van der Waals surface area (Å²) in [6.07, 6.45) is 3.51. The van der Waals surface area contributed by atoms with Crippen LogP contribution in [0, 0.1) is 0 Å². The minimum atomic E-state index is -0.174. The van der Waals surface area contributed by atoms with E-state index in [-0.39, 0.29) is 5.41 Å². The molecule has 0 saturated heterocycles. The maximum atomic E-state index is 5.65. The highest BCUT2D eigenvalue weighted by Gasteiger charge is 2.41. The largest absolute Gasteiger partial charge is 0.496 e. The first-order valence-corrected chi connectivity index (χ1v) is 7.06. The molecule has 0 aliphatic heterocycles. The molecule has 3 aromatic rings. The summed E-state index contributed by atoms with van der Waals surface area (Å²) >= 11 is 0. The zero-order valence-electron chi connectivity index (χ0n) is 12.3. The van der Waals surface area contributed by atoms with Gasteiger partial charge in [-0.15, -0.1) is 0 Å². The number of rotatable bonds is 1. The Kier molecular flexibility index (Phi) is 2.37. The smallest absolute Gasteiger partial charge is 0.129 e. The zero-order chi connectivity index (χ0) is 14.6. The molecule has 2 aromatic carbocycles. The van der Waals surface area contributed by atoms with Crippen molar-refractivity contribution in [3.63, 3.8) is 0 Å². The third-order valence-electron chi connectivity index (χ3n) is 4.39. The number of methoxy groups -OCH3 is 1. The van der Waals surface area contributed by atoms with Crippen LogP contribution < -0.4 is 4.74 Å². The van der Waals surface area contributed by atoms with Gasteiger partial charge in [0.1, 0.15) is 5.75 Å². The van der Waals surface area contributed by atoms with Crippen molar-refractivity contribution in [1.29, 1.82) is 0 Å². The fourth-order valence-corrected chi connectivity index (χ4v) is 3.46. The molecule has 0 saturated carbocycles. The second kappa shape index (κ2) is 4.04. The molecule has 0 fully saturated rings. The number of ether oxygens (including phenoxy) is 1. The van der Waals surface area contributed by atoms with Crippen LogP contribution in [0.25, 0.3) is 22.0 Å². The summed E-state index contributed by atoms with van der Waals surface area (Å²) < 4.78 is 5.65. The molecule has 104 valence electrons. The topological polar surface area (TPSA) is 35.0 Å². The van der Waals surface area contributed by atoms with Gasteiger partial charge in [0.15, 0.2) is 0 Å². The molecule has 4 rings (SSSR count). The van der Waals surface area contributed by atoms with Crippen molar-refractivity contribution < 1.29 is 4.74 Å². The van der Waals surface area contributed by atoms with E-state index in [2.05, 4.69) is 54.1 Å². The van der Waals surface area contributed by atoms with Crippen molar-refractivity contribution in [1.82, 2.24) is 9.97 Å². The Morgan fingerprint density at radius 2 is 1.81 bits per heavy atom. The summed E-state index contributed by atoms with van der Waals surface area (Å²) in [4.78, 5) is 9.16. The van der Waals surface area contributed by atoms with E-state index >= 15 is 0 Å². The van der Waals surface area contributed by atoms with Crippen LogP contribution in [0.15, 0.2) is 42.7 Å². The van der Waals surface area contributed by atoms with Gasteiger partial charge < -0.3 is 4.74 Å². The Hall–Kier alpha value is -2.42. The molecule has 0 spiro atoms. The Labute approximate surface area is 123 Å². The monoisotopic (exact) mass is 276 g/mol. The van der Waals surface area contributed by atoms with Gasteiger partial charge in [0.25, 0.3) is 0 Å². The van der Waals surface area contributed by atoms with E-state index in [1.165, 1.54) is 16.3 Å². The van der Waals surface area contributed by atoms with Crippen molar-refractivity contribution in [2.75, 3.05) is 7.11 Å². The first-order valence-electron chi connectivity index (χ1n) is 7.06. The molecule has 0 N–H and O–H groups in total. The van der Waals surface area contributed by atoms with Gasteiger partial charge in [-0.1, -0.05) is 38.1 Å². The van der Waals surface area contributed by atoms with E-state index in [0.717, 1.165) is 22.7 Å². The van der Waals surface area contributed by atoms with Crippen LogP contribution in [-0.4, -0.2) is 17.1 Å². The highest BCUT2D eigenvalue weighted by atomic mass is 16.5. The lowest BCUT2D eigenvalue weighted by Crippen LogP contribution is -2.17. The van der Waals surface area contributed by atoms with Crippen LogP contribution >= 0.6 is 0 Å². The fraction of sp³-hybridized carbons (Fsp3) is 0.222. The highest BCUT2D eigenvalue weighted by molar-refractivity contribution is 5.99. The van der Waals surface area contributed by atoms with Crippen LogP contribution in [0.1, 0.15) is 25.1 Å². The summed E-state index contributed by atoms with van der Waals surface area (Å²) in [5, 5.41) is 2.44. The van der Waals surface area contributed by atoms with Gasteiger partial charge in [-0.2, -0.15) is 0 Å². The predicted octanol–water partition coefficient (Wildman–Crippen LogP) is 3.94. The van der Waals surface area contributed by atoms with E-state index in [0.29, 0.717) is 0 Å². The van der Waals surface area contributed by atoms with Crippen molar-refractivity contribution in [3.8, 4) is 17.0 Å². The molecule has 1 aliphatic rings. The van der Waals surface area contributed by atoms with Crippen LogP contribution in [0.5, 0.6) is 5.75 Å². The molecular formula is C18H16N2O.